The van der Waals surface area contributed by atoms with E-state index in [2.05, 4.69) is 26.0 Å². The number of sulfone groups is 1. The lowest BCUT2D eigenvalue weighted by Gasteiger charge is -2.13. The molecule has 39 heavy (non-hydrogen) atoms. The normalized spacial score (nSPS) is 13.9. The lowest BCUT2D eigenvalue weighted by molar-refractivity contribution is 0.0964. The van der Waals surface area contributed by atoms with E-state index in [9.17, 15) is 26.0 Å². The van der Waals surface area contributed by atoms with Crippen molar-refractivity contribution in [2.24, 2.45) is 0 Å². The molecule has 5 rings (SSSR count). The van der Waals surface area contributed by atoms with Gasteiger partial charge in [0, 0.05) is 34.8 Å². The molecule has 1 heterocycles. The number of halogens is 2. The first-order chi connectivity index (χ1) is 18.4. The Morgan fingerprint density at radius 2 is 1.74 bits per heavy atom. The summed E-state index contributed by atoms with van der Waals surface area (Å²) in [5.74, 6) is -0.917. The largest absolute Gasteiger partial charge is 0.455 e. The van der Waals surface area contributed by atoms with Crippen LogP contribution in [0.3, 0.4) is 0 Å². The minimum atomic E-state index is -3.96. The van der Waals surface area contributed by atoms with Crippen LogP contribution in [0, 0.1) is 5.82 Å². The molecule has 0 aliphatic heterocycles. The molecule has 1 amide bonds. The highest BCUT2D eigenvalue weighted by Crippen LogP contribution is 2.47. The number of carbonyl (C=O) groups excluding carboxylic acids is 1. The predicted molar refractivity (Wildman–Crippen MR) is 150 cm³/mol. The van der Waals surface area contributed by atoms with Crippen LogP contribution in [-0.2, 0) is 25.6 Å². The van der Waals surface area contributed by atoms with Gasteiger partial charge in [0.15, 0.2) is 9.84 Å². The Balaban J connectivity index is 1.57. The minimum absolute atomic E-state index is 0.000859. The summed E-state index contributed by atoms with van der Waals surface area (Å²) < 4.78 is 73.2. The van der Waals surface area contributed by atoms with Crippen LogP contribution < -0.4 is 10.0 Å². The Bertz CT molecular complexity index is 1830. The number of furan rings is 1. The Labute approximate surface area is 233 Å². The fourth-order valence-electron chi connectivity index (χ4n) is 4.48. The zero-order valence-corrected chi connectivity index (χ0v) is 24.1. The van der Waals surface area contributed by atoms with Gasteiger partial charge in [-0.15, -0.1) is 0 Å². The second-order valence-electron chi connectivity index (χ2n) is 9.50. The number of sulfonamides is 1. The van der Waals surface area contributed by atoms with Crippen molar-refractivity contribution >= 4 is 58.4 Å². The second kappa shape index (κ2) is 10.1. The molecule has 204 valence electrons. The van der Waals surface area contributed by atoms with Crippen molar-refractivity contribution in [3.05, 3.63) is 81.6 Å². The number of fused-ring (bicyclic) bond motifs is 1. The van der Waals surface area contributed by atoms with Gasteiger partial charge >= 0.3 is 0 Å². The molecular weight excluding hydrogens is 611 g/mol. The van der Waals surface area contributed by atoms with Gasteiger partial charge in [-0.05, 0) is 88.3 Å². The van der Waals surface area contributed by atoms with Crippen LogP contribution in [0.2, 0.25) is 0 Å². The summed E-state index contributed by atoms with van der Waals surface area (Å²) in [5.41, 5.74) is 2.43. The molecule has 1 aromatic heterocycles. The van der Waals surface area contributed by atoms with E-state index in [0.717, 1.165) is 24.7 Å². The molecule has 1 aliphatic carbocycles. The van der Waals surface area contributed by atoms with Crippen LogP contribution in [0.25, 0.3) is 22.3 Å². The molecule has 1 fully saturated rings. The maximum absolute atomic E-state index is 13.5. The van der Waals surface area contributed by atoms with Gasteiger partial charge in [0.2, 0.25) is 10.0 Å². The van der Waals surface area contributed by atoms with Crippen molar-refractivity contribution in [2.75, 3.05) is 18.0 Å². The van der Waals surface area contributed by atoms with Gasteiger partial charge in [-0.3, -0.25) is 9.52 Å². The fraction of sp³-hybridized carbons (Fsp3) is 0.222. The Morgan fingerprint density at radius 3 is 2.36 bits per heavy atom. The van der Waals surface area contributed by atoms with Crippen LogP contribution in [-0.4, -0.2) is 36.0 Å². The van der Waals surface area contributed by atoms with Crippen molar-refractivity contribution in [1.29, 1.82) is 0 Å². The third-order valence-electron chi connectivity index (χ3n) is 6.46. The number of hydrogen-bond donors (Lipinski definition) is 2. The monoisotopic (exact) mass is 634 g/mol. The predicted octanol–water partition coefficient (Wildman–Crippen LogP) is 5.58. The third kappa shape index (κ3) is 5.73. The van der Waals surface area contributed by atoms with Gasteiger partial charge in [-0.25, -0.2) is 21.2 Å². The maximum Gasteiger partial charge on any atom is 0.255 e. The molecule has 0 unspecified atom stereocenters. The highest BCUT2D eigenvalue weighted by Gasteiger charge is 2.31. The Hall–Kier alpha value is -3.22. The van der Waals surface area contributed by atoms with E-state index < -0.39 is 31.4 Å². The van der Waals surface area contributed by atoms with Crippen molar-refractivity contribution < 1.29 is 30.4 Å². The van der Waals surface area contributed by atoms with Crippen LogP contribution in [0.5, 0.6) is 0 Å². The highest BCUT2D eigenvalue weighted by molar-refractivity contribution is 9.10. The Kier molecular flexibility index (Phi) is 7.06. The average Bonchev–Trinajstić information content (AvgIpc) is 3.64. The van der Waals surface area contributed by atoms with Gasteiger partial charge in [0.25, 0.3) is 5.91 Å². The van der Waals surface area contributed by atoms with Crippen LogP contribution in [0.1, 0.15) is 40.2 Å². The first kappa shape index (κ1) is 27.4. The molecule has 0 saturated heterocycles. The number of amides is 1. The molecular formula is C27H24BrFN2O6S2. The van der Waals surface area contributed by atoms with Crippen molar-refractivity contribution in [3.8, 4) is 11.3 Å². The quantitative estimate of drug-likeness (QED) is 0.261. The summed E-state index contributed by atoms with van der Waals surface area (Å²) >= 11 is 3.20. The van der Waals surface area contributed by atoms with Crippen LogP contribution >= 0.6 is 15.9 Å². The van der Waals surface area contributed by atoms with Gasteiger partial charge in [-0.1, -0.05) is 6.07 Å². The minimum Gasteiger partial charge on any atom is -0.455 e. The molecule has 1 saturated carbocycles. The van der Waals surface area contributed by atoms with Crippen molar-refractivity contribution in [3.63, 3.8) is 0 Å². The summed E-state index contributed by atoms with van der Waals surface area (Å²) in [4.78, 5) is 12.9. The smallest absolute Gasteiger partial charge is 0.255 e. The van der Waals surface area contributed by atoms with Crippen LogP contribution in [0.15, 0.2) is 68.4 Å². The Morgan fingerprint density at radius 1 is 1.05 bits per heavy atom. The van der Waals surface area contributed by atoms with E-state index >= 15 is 0 Å². The van der Waals surface area contributed by atoms with E-state index in [1.165, 1.54) is 43.4 Å². The molecule has 8 nitrogen and oxygen atoms in total. The number of anilines is 1. The molecule has 3 aromatic carbocycles. The first-order valence-electron chi connectivity index (χ1n) is 11.9. The lowest BCUT2D eigenvalue weighted by atomic mass is 10.0. The van der Waals surface area contributed by atoms with Crippen molar-refractivity contribution in [1.82, 2.24) is 5.32 Å². The summed E-state index contributed by atoms with van der Waals surface area (Å²) in [6, 6.07) is 13.3. The number of benzene rings is 3. The van der Waals surface area contributed by atoms with Crippen LogP contribution in [0.4, 0.5) is 10.1 Å². The van der Waals surface area contributed by atoms with E-state index in [1.54, 1.807) is 18.2 Å². The molecule has 4 aromatic rings. The maximum atomic E-state index is 13.5. The summed E-state index contributed by atoms with van der Waals surface area (Å²) in [6.45, 7) is 0. The fourth-order valence-corrected chi connectivity index (χ4v) is 7.60. The molecule has 1 aliphatic rings. The van der Waals surface area contributed by atoms with Gasteiger partial charge in [0.05, 0.1) is 21.9 Å². The molecule has 12 heteroatoms. The average molecular weight is 636 g/mol. The molecule has 0 spiro atoms. The SMILES string of the molecule is CNC(=O)c1c(-c2ccc(F)cc2)oc2cc(NS(=O)(=O)Cc3ccc(Br)c(S(C)(=O)=O)c3)c(C3CC3)cc12. The first-order valence-corrected chi connectivity index (χ1v) is 16.3. The molecule has 0 radical (unpaired) electrons. The second-order valence-corrected chi connectivity index (χ2v) is 14.1. The molecule has 2 N–H and O–H groups in total. The zero-order chi connectivity index (χ0) is 28.1. The lowest BCUT2D eigenvalue weighted by Crippen LogP contribution is -2.18. The van der Waals surface area contributed by atoms with E-state index in [1.807, 2.05) is 0 Å². The highest BCUT2D eigenvalue weighted by atomic mass is 79.9. The van der Waals surface area contributed by atoms with Gasteiger partial charge in [0.1, 0.15) is 17.2 Å². The van der Waals surface area contributed by atoms with Crippen molar-refractivity contribution in [2.45, 2.75) is 29.4 Å². The number of carbonyl (C=O) groups is 1. The third-order valence-corrected chi connectivity index (χ3v) is 9.79. The summed E-state index contributed by atoms with van der Waals surface area (Å²) in [7, 11) is -6.04. The standard InChI is InChI=1S/C27H24BrFN2O6S2/c1-30-27(32)25-20-12-19(16-4-5-16)22(13-23(20)37-26(25)17-6-8-18(29)9-7-17)31-39(35,36)14-15-3-10-21(28)24(11-15)38(2,33)34/h3,6-13,16,31H,4-5,14H2,1-2H3,(H,30,32). The van der Waals surface area contributed by atoms with E-state index in [4.69, 9.17) is 4.42 Å². The molecule has 0 bridgehead atoms. The molecule has 0 atom stereocenters. The summed E-state index contributed by atoms with van der Waals surface area (Å²) in [6.07, 6.45) is 2.78. The van der Waals surface area contributed by atoms with E-state index in [0.29, 0.717) is 26.7 Å². The number of nitrogens with one attached hydrogen (secondary N) is 2. The number of hydrogen-bond acceptors (Lipinski definition) is 6. The van der Waals surface area contributed by atoms with E-state index in [-0.39, 0.29) is 33.6 Å². The van der Waals surface area contributed by atoms with Gasteiger partial charge in [-0.2, -0.15) is 0 Å². The van der Waals surface area contributed by atoms with Gasteiger partial charge < -0.3 is 9.73 Å². The number of rotatable bonds is 8. The zero-order valence-electron chi connectivity index (χ0n) is 20.9. The summed E-state index contributed by atoms with van der Waals surface area (Å²) in [5, 5.41) is 3.13. The topological polar surface area (TPSA) is 123 Å².